The number of nitrogens with one attached hydrogen (secondary N) is 2. The summed E-state index contributed by atoms with van der Waals surface area (Å²) in [6, 6.07) is 4.92. The minimum atomic E-state index is -5.08. The molecule has 11 heteroatoms. The minimum absolute atomic E-state index is 0.0922. The van der Waals surface area contributed by atoms with Crippen molar-refractivity contribution in [1.82, 2.24) is 0 Å². The first-order valence-electron chi connectivity index (χ1n) is 7.46. The van der Waals surface area contributed by atoms with Gasteiger partial charge >= 0.3 is 24.2 Å². The third-order valence-corrected chi connectivity index (χ3v) is 3.98. The lowest BCUT2D eigenvalue weighted by molar-refractivity contribution is -0.143. The van der Waals surface area contributed by atoms with Gasteiger partial charge in [0.2, 0.25) is 0 Å². The molecule has 0 aromatic heterocycles. The number of rotatable bonds is 2. The van der Waals surface area contributed by atoms with Crippen LogP contribution >= 0.6 is 11.6 Å². The van der Waals surface area contributed by atoms with E-state index in [-0.39, 0.29) is 16.8 Å². The molecule has 0 atom stereocenters. The summed E-state index contributed by atoms with van der Waals surface area (Å²) in [7, 11) is 0. The van der Waals surface area contributed by atoms with Crippen LogP contribution in [0.15, 0.2) is 36.4 Å². The van der Waals surface area contributed by atoms with E-state index in [1.54, 1.807) is 5.32 Å². The molecule has 0 radical (unpaired) electrons. The van der Waals surface area contributed by atoms with E-state index in [1.807, 2.05) is 0 Å². The van der Waals surface area contributed by atoms with Crippen molar-refractivity contribution >= 4 is 34.8 Å². The smallest absolute Gasteiger partial charge is 0.318 e. The number of benzene rings is 2. The van der Waals surface area contributed by atoms with Crippen molar-refractivity contribution in [2.24, 2.45) is 0 Å². The summed E-state index contributed by atoms with van der Waals surface area (Å²) in [6.45, 7) is 1.54. The minimum Gasteiger partial charge on any atom is -0.318 e. The van der Waals surface area contributed by atoms with Crippen LogP contribution in [0, 0.1) is 6.92 Å². The van der Waals surface area contributed by atoms with Gasteiger partial charge in [-0.05, 0) is 42.8 Å². The maximum Gasteiger partial charge on any atom is 0.416 e. The van der Waals surface area contributed by atoms with Gasteiger partial charge in [-0.3, -0.25) is 9.59 Å². The van der Waals surface area contributed by atoms with Crippen LogP contribution in [-0.4, -0.2) is 11.8 Å². The average molecular weight is 425 g/mol. The molecule has 150 valence electrons. The number of anilines is 2. The van der Waals surface area contributed by atoms with Crippen LogP contribution in [0.2, 0.25) is 5.02 Å². The summed E-state index contributed by atoms with van der Waals surface area (Å²) in [4.78, 5) is 23.8. The van der Waals surface area contributed by atoms with Crippen LogP contribution in [0.25, 0.3) is 0 Å². The molecule has 0 unspecified atom stereocenters. The van der Waals surface area contributed by atoms with Gasteiger partial charge in [0.15, 0.2) is 0 Å². The third-order valence-electron chi connectivity index (χ3n) is 3.57. The Balaban J connectivity index is 2.27. The van der Waals surface area contributed by atoms with Crippen molar-refractivity contribution in [3.05, 3.63) is 58.1 Å². The fraction of sp³-hybridized carbons (Fsp3) is 0.176. The van der Waals surface area contributed by atoms with Gasteiger partial charge in [0.1, 0.15) is 0 Å². The molecule has 2 rings (SSSR count). The highest BCUT2D eigenvalue weighted by Crippen LogP contribution is 2.37. The molecule has 2 N–H and O–H groups in total. The Bertz CT molecular complexity index is 893. The van der Waals surface area contributed by atoms with Gasteiger partial charge in [0.05, 0.1) is 11.1 Å². The van der Waals surface area contributed by atoms with Crippen LogP contribution in [0.3, 0.4) is 0 Å². The van der Waals surface area contributed by atoms with Gasteiger partial charge in [-0.15, -0.1) is 0 Å². The molecule has 4 nitrogen and oxygen atoms in total. The van der Waals surface area contributed by atoms with Gasteiger partial charge in [0.25, 0.3) is 0 Å². The van der Waals surface area contributed by atoms with Crippen LogP contribution in [0.1, 0.15) is 16.7 Å². The highest BCUT2D eigenvalue weighted by molar-refractivity contribution is 6.44. The molecule has 2 aromatic carbocycles. The van der Waals surface area contributed by atoms with E-state index in [4.69, 9.17) is 11.6 Å². The van der Waals surface area contributed by atoms with Crippen LogP contribution in [0.5, 0.6) is 0 Å². The van der Waals surface area contributed by atoms with E-state index in [1.165, 1.54) is 25.1 Å². The lowest BCUT2D eigenvalue weighted by Gasteiger charge is -2.15. The van der Waals surface area contributed by atoms with Crippen LogP contribution in [0.4, 0.5) is 37.7 Å². The van der Waals surface area contributed by atoms with E-state index < -0.39 is 41.0 Å². The molecule has 2 aromatic rings. The fourth-order valence-corrected chi connectivity index (χ4v) is 2.31. The first-order chi connectivity index (χ1) is 12.8. The first kappa shape index (κ1) is 21.5. The monoisotopic (exact) mass is 424 g/mol. The predicted molar refractivity (Wildman–Crippen MR) is 89.9 cm³/mol. The average Bonchev–Trinajstić information content (AvgIpc) is 2.57. The van der Waals surface area contributed by atoms with E-state index in [9.17, 15) is 35.9 Å². The Morgan fingerprint density at radius 1 is 0.857 bits per heavy atom. The molecule has 0 bridgehead atoms. The molecular formula is C17H11ClF6N2O2. The zero-order chi connectivity index (χ0) is 21.3. The first-order valence-corrected chi connectivity index (χ1v) is 7.84. The van der Waals surface area contributed by atoms with Crippen molar-refractivity contribution in [3.8, 4) is 0 Å². The Kier molecular flexibility index (Phi) is 5.93. The number of carbonyl (C=O) groups is 2. The van der Waals surface area contributed by atoms with Gasteiger partial charge in [0, 0.05) is 16.4 Å². The van der Waals surface area contributed by atoms with Gasteiger partial charge < -0.3 is 10.6 Å². The summed E-state index contributed by atoms with van der Waals surface area (Å²) in [5.41, 5.74) is -3.49. The summed E-state index contributed by atoms with van der Waals surface area (Å²) in [6.07, 6.45) is -10.2. The van der Waals surface area contributed by atoms with Crippen molar-refractivity contribution in [3.63, 3.8) is 0 Å². The summed E-state index contributed by atoms with van der Waals surface area (Å²) in [5.74, 6) is -2.75. The number of hydrogen-bond donors (Lipinski definition) is 2. The summed E-state index contributed by atoms with van der Waals surface area (Å²) >= 11 is 5.86. The summed E-state index contributed by atoms with van der Waals surface area (Å²) < 4.78 is 77.0. The Morgan fingerprint density at radius 3 is 1.86 bits per heavy atom. The lowest BCUT2D eigenvalue weighted by atomic mass is 10.1. The number of alkyl halides is 6. The molecule has 0 spiro atoms. The van der Waals surface area contributed by atoms with E-state index in [0.717, 1.165) is 0 Å². The number of carbonyl (C=O) groups excluding carboxylic acids is 2. The highest BCUT2D eigenvalue weighted by Gasteiger charge is 2.37. The third kappa shape index (κ3) is 5.16. The Morgan fingerprint density at radius 2 is 1.36 bits per heavy atom. The van der Waals surface area contributed by atoms with Gasteiger partial charge in [-0.1, -0.05) is 17.7 Å². The fourth-order valence-electron chi connectivity index (χ4n) is 2.14. The van der Waals surface area contributed by atoms with E-state index in [0.29, 0.717) is 17.7 Å². The van der Waals surface area contributed by atoms with Crippen LogP contribution < -0.4 is 10.6 Å². The van der Waals surface area contributed by atoms with Gasteiger partial charge in [-0.2, -0.15) is 26.3 Å². The second-order valence-corrected chi connectivity index (χ2v) is 6.02. The van der Waals surface area contributed by atoms with E-state index >= 15 is 0 Å². The molecule has 2 amide bonds. The molecule has 0 aliphatic carbocycles. The largest absolute Gasteiger partial charge is 0.416 e. The zero-order valence-corrected chi connectivity index (χ0v) is 14.7. The van der Waals surface area contributed by atoms with Crippen molar-refractivity contribution in [1.29, 1.82) is 0 Å². The number of amides is 2. The SMILES string of the molecule is Cc1c(Cl)cccc1NC(=O)C(=O)Nc1cc(C(F)(F)F)cc(C(F)(F)F)c1. The molecular weight excluding hydrogens is 414 g/mol. The maximum absolute atomic E-state index is 12.8. The Hall–Kier alpha value is -2.75. The van der Waals surface area contributed by atoms with Crippen LogP contribution in [-0.2, 0) is 21.9 Å². The molecule has 0 saturated carbocycles. The van der Waals surface area contributed by atoms with Crippen molar-refractivity contribution in [2.75, 3.05) is 10.6 Å². The lowest BCUT2D eigenvalue weighted by Crippen LogP contribution is -2.29. The molecule has 28 heavy (non-hydrogen) atoms. The zero-order valence-electron chi connectivity index (χ0n) is 13.9. The standard InChI is InChI=1S/C17H11ClF6N2O2/c1-8-12(18)3-2-4-13(8)26-15(28)14(27)25-11-6-9(16(19,20)21)5-10(7-11)17(22,23)24/h2-7H,1H3,(H,25,27)(H,26,28). The molecule has 0 heterocycles. The molecule has 0 aliphatic heterocycles. The predicted octanol–water partition coefficient (Wildman–Crippen LogP) is 5.26. The van der Waals surface area contributed by atoms with Crippen molar-refractivity contribution < 1.29 is 35.9 Å². The highest BCUT2D eigenvalue weighted by atomic mass is 35.5. The maximum atomic E-state index is 12.8. The van der Waals surface area contributed by atoms with Crippen molar-refractivity contribution in [2.45, 2.75) is 19.3 Å². The van der Waals surface area contributed by atoms with Gasteiger partial charge in [-0.25, -0.2) is 0 Å². The molecule has 0 saturated heterocycles. The number of hydrogen-bond acceptors (Lipinski definition) is 2. The van der Waals surface area contributed by atoms with E-state index in [2.05, 4.69) is 5.32 Å². The summed E-state index contributed by atoms with van der Waals surface area (Å²) in [5, 5.41) is 4.20. The normalized spacial score (nSPS) is 11.9. The molecule has 0 fully saturated rings. The number of halogens is 7. The second-order valence-electron chi connectivity index (χ2n) is 5.62. The quantitative estimate of drug-likeness (QED) is 0.510. The Labute approximate surface area is 159 Å². The molecule has 0 aliphatic rings. The topological polar surface area (TPSA) is 58.2 Å². The second kappa shape index (κ2) is 7.70.